The summed E-state index contributed by atoms with van der Waals surface area (Å²) in [6.07, 6.45) is 7.76. The maximum Gasteiger partial charge on any atom is 0.224 e. The Bertz CT molecular complexity index is 313. The van der Waals surface area contributed by atoms with Crippen LogP contribution in [0.1, 0.15) is 45.4 Å². The highest BCUT2D eigenvalue weighted by Crippen LogP contribution is 2.20. The molecule has 1 amide bonds. The fourth-order valence-electron chi connectivity index (χ4n) is 3.19. The smallest absolute Gasteiger partial charge is 0.224 e. The molecule has 1 aliphatic heterocycles. The van der Waals surface area contributed by atoms with Crippen LogP contribution in [0.15, 0.2) is 0 Å². The molecule has 0 radical (unpaired) electrons. The van der Waals surface area contributed by atoms with Crippen LogP contribution in [0.3, 0.4) is 0 Å². The summed E-state index contributed by atoms with van der Waals surface area (Å²) in [7, 11) is 0. The standard InChI is InChI=1S/C17H32N2O3/c1-15(14-19-9-12-21-13-10-19)17(20)18-8-5-11-22-16-6-3-2-4-7-16/h15-16H,2-14H2,1H3,(H,18,20)/t15-/m1/s1. The van der Waals surface area contributed by atoms with Gasteiger partial charge in [-0.05, 0) is 19.3 Å². The molecule has 5 heteroatoms. The molecule has 2 rings (SSSR count). The monoisotopic (exact) mass is 312 g/mol. The summed E-state index contributed by atoms with van der Waals surface area (Å²) in [5, 5.41) is 3.03. The first-order chi connectivity index (χ1) is 10.8. The lowest BCUT2D eigenvalue weighted by molar-refractivity contribution is -0.125. The highest BCUT2D eigenvalue weighted by Gasteiger charge is 2.18. The Hall–Kier alpha value is -0.650. The SMILES string of the molecule is C[C@H](CN1CCOCC1)C(=O)NCCCOC1CCCCC1. The number of hydrogen-bond acceptors (Lipinski definition) is 4. The average Bonchev–Trinajstić information content (AvgIpc) is 2.56. The van der Waals surface area contributed by atoms with Gasteiger partial charge < -0.3 is 14.8 Å². The van der Waals surface area contributed by atoms with Crippen molar-refractivity contribution in [2.24, 2.45) is 5.92 Å². The number of nitrogens with one attached hydrogen (secondary N) is 1. The summed E-state index contributed by atoms with van der Waals surface area (Å²) in [5.74, 6) is 0.196. The van der Waals surface area contributed by atoms with Gasteiger partial charge in [-0.15, -0.1) is 0 Å². The molecule has 1 aliphatic carbocycles. The zero-order chi connectivity index (χ0) is 15.6. The molecular weight excluding hydrogens is 280 g/mol. The maximum atomic E-state index is 12.1. The molecule has 22 heavy (non-hydrogen) atoms. The minimum absolute atomic E-state index is 0.0392. The van der Waals surface area contributed by atoms with Crippen molar-refractivity contribution in [2.75, 3.05) is 46.0 Å². The van der Waals surface area contributed by atoms with Gasteiger partial charge >= 0.3 is 0 Å². The number of nitrogens with zero attached hydrogens (tertiary/aromatic N) is 1. The molecule has 0 spiro atoms. The van der Waals surface area contributed by atoms with E-state index in [4.69, 9.17) is 9.47 Å². The summed E-state index contributed by atoms with van der Waals surface area (Å²) >= 11 is 0. The molecule has 128 valence electrons. The van der Waals surface area contributed by atoms with Crippen molar-refractivity contribution in [2.45, 2.75) is 51.6 Å². The van der Waals surface area contributed by atoms with E-state index in [0.717, 1.165) is 52.4 Å². The van der Waals surface area contributed by atoms with Gasteiger partial charge in [0.2, 0.25) is 5.91 Å². The molecule has 0 bridgehead atoms. The topological polar surface area (TPSA) is 50.8 Å². The summed E-state index contributed by atoms with van der Waals surface area (Å²) < 4.78 is 11.2. The Morgan fingerprint density at radius 3 is 2.73 bits per heavy atom. The predicted octanol–water partition coefficient (Wildman–Crippen LogP) is 1.81. The summed E-state index contributed by atoms with van der Waals surface area (Å²) in [6.45, 7) is 7.76. The minimum atomic E-state index is 0.0392. The lowest BCUT2D eigenvalue weighted by atomic mass is 9.98. The molecule has 2 aliphatic rings. The molecule has 1 heterocycles. The van der Waals surface area contributed by atoms with E-state index in [0.29, 0.717) is 6.10 Å². The average molecular weight is 312 g/mol. The van der Waals surface area contributed by atoms with Gasteiger partial charge in [0.1, 0.15) is 0 Å². The van der Waals surface area contributed by atoms with Crippen molar-refractivity contribution in [3.8, 4) is 0 Å². The van der Waals surface area contributed by atoms with Crippen LogP contribution in [0.2, 0.25) is 0 Å². The number of morpholine rings is 1. The summed E-state index contributed by atoms with van der Waals surface area (Å²) in [5.41, 5.74) is 0. The van der Waals surface area contributed by atoms with Crippen LogP contribution in [0.5, 0.6) is 0 Å². The number of rotatable bonds is 8. The van der Waals surface area contributed by atoms with Crippen LogP contribution in [0, 0.1) is 5.92 Å². The number of carbonyl (C=O) groups excluding carboxylic acids is 1. The third kappa shape index (κ3) is 6.63. The third-order valence-corrected chi connectivity index (χ3v) is 4.61. The second-order valence-electron chi connectivity index (χ2n) is 6.59. The van der Waals surface area contributed by atoms with Crippen molar-refractivity contribution in [3.05, 3.63) is 0 Å². The van der Waals surface area contributed by atoms with Crippen LogP contribution < -0.4 is 5.32 Å². The van der Waals surface area contributed by atoms with Gasteiger partial charge in [-0.2, -0.15) is 0 Å². The van der Waals surface area contributed by atoms with E-state index >= 15 is 0 Å². The van der Waals surface area contributed by atoms with Crippen LogP contribution in [-0.2, 0) is 14.3 Å². The van der Waals surface area contributed by atoms with Crippen molar-refractivity contribution < 1.29 is 14.3 Å². The van der Waals surface area contributed by atoms with Crippen molar-refractivity contribution in [1.29, 1.82) is 0 Å². The van der Waals surface area contributed by atoms with Gasteiger partial charge in [-0.3, -0.25) is 9.69 Å². The molecule has 0 aromatic carbocycles. The Morgan fingerprint density at radius 2 is 2.00 bits per heavy atom. The number of amides is 1. The van der Waals surface area contributed by atoms with Crippen LogP contribution in [0.25, 0.3) is 0 Å². The lowest BCUT2D eigenvalue weighted by Crippen LogP contribution is -2.43. The Morgan fingerprint density at radius 1 is 1.27 bits per heavy atom. The predicted molar refractivity (Wildman–Crippen MR) is 86.9 cm³/mol. The van der Waals surface area contributed by atoms with Gasteiger partial charge in [0, 0.05) is 38.7 Å². The molecule has 0 unspecified atom stereocenters. The van der Waals surface area contributed by atoms with Crippen molar-refractivity contribution in [3.63, 3.8) is 0 Å². The van der Waals surface area contributed by atoms with Crippen LogP contribution in [-0.4, -0.2) is 62.9 Å². The zero-order valence-corrected chi connectivity index (χ0v) is 14.0. The highest BCUT2D eigenvalue weighted by atomic mass is 16.5. The lowest BCUT2D eigenvalue weighted by Gasteiger charge is -2.28. The highest BCUT2D eigenvalue weighted by molar-refractivity contribution is 5.78. The second-order valence-corrected chi connectivity index (χ2v) is 6.59. The maximum absolute atomic E-state index is 12.1. The van der Waals surface area contributed by atoms with E-state index in [9.17, 15) is 4.79 Å². The molecule has 1 saturated carbocycles. The quantitative estimate of drug-likeness (QED) is 0.695. The number of carbonyl (C=O) groups is 1. The van der Waals surface area contributed by atoms with E-state index in [2.05, 4.69) is 10.2 Å². The first-order valence-electron chi connectivity index (χ1n) is 8.95. The fourth-order valence-corrected chi connectivity index (χ4v) is 3.19. The molecular formula is C17H32N2O3. The molecule has 1 saturated heterocycles. The largest absolute Gasteiger partial charge is 0.379 e. The molecule has 1 atom stereocenters. The fraction of sp³-hybridized carbons (Fsp3) is 0.941. The van der Waals surface area contributed by atoms with Gasteiger partial charge in [-0.25, -0.2) is 0 Å². The first-order valence-corrected chi connectivity index (χ1v) is 8.95. The second kappa shape index (κ2) is 10.2. The summed E-state index contributed by atoms with van der Waals surface area (Å²) in [6, 6.07) is 0. The summed E-state index contributed by atoms with van der Waals surface area (Å²) in [4.78, 5) is 14.4. The van der Waals surface area contributed by atoms with E-state index in [1.807, 2.05) is 6.92 Å². The van der Waals surface area contributed by atoms with Gasteiger partial charge in [0.25, 0.3) is 0 Å². The van der Waals surface area contributed by atoms with Crippen molar-refractivity contribution in [1.82, 2.24) is 10.2 Å². The minimum Gasteiger partial charge on any atom is -0.379 e. The van der Waals surface area contributed by atoms with E-state index in [1.165, 1.54) is 32.1 Å². The van der Waals surface area contributed by atoms with Crippen molar-refractivity contribution >= 4 is 5.91 Å². The molecule has 0 aromatic heterocycles. The van der Waals surface area contributed by atoms with Crippen LogP contribution >= 0.6 is 0 Å². The molecule has 1 N–H and O–H groups in total. The van der Waals surface area contributed by atoms with Gasteiger partial charge in [0.15, 0.2) is 0 Å². The number of ether oxygens (including phenoxy) is 2. The molecule has 2 fully saturated rings. The van der Waals surface area contributed by atoms with Gasteiger partial charge in [0.05, 0.1) is 19.3 Å². The normalized spacial score (nSPS) is 22.4. The zero-order valence-electron chi connectivity index (χ0n) is 14.0. The number of hydrogen-bond donors (Lipinski definition) is 1. The van der Waals surface area contributed by atoms with E-state index in [1.54, 1.807) is 0 Å². The Balaban J connectivity index is 1.49. The van der Waals surface area contributed by atoms with Crippen LogP contribution in [0.4, 0.5) is 0 Å². The molecule has 5 nitrogen and oxygen atoms in total. The molecule has 0 aromatic rings. The third-order valence-electron chi connectivity index (χ3n) is 4.61. The van der Waals surface area contributed by atoms with E-state index < -0.39 is 0 Å². The van der Waals surface area contributed by atoms with Gasteiger partial charge in [-0.1, -0.05) is 26.2 Å². The Kier molecular flexibility index (Phi) is 8.20. The van der Waals surface area contributed by atoms with E-state index in [-0.39, 0.29) is 11.8 Å². The Labute approximate surface area is 134 Å². The first kappa shape index (κ1) is 17.7.